The highest BCUT2D eigenvalue weighted by atomic mass is 35.5. The van der Waals surface area contributed by atoms with Crippen molar-refractivity contribution in [1.82, 2.24) is 15.1 Å². The number of nitrogens with zero attached hydrogens (tertiary/aromatic N) is 2. The van der Waals surface area contributed by atoms with Crippen LogP contribution in [0.2, 0.25) is 0 Å². The zero-order valence-electron chi connectivity index (χ0n) is 63.1. The number of piperidine rings is 3. The molecule has 28 heteroatoms. The standard InChI is InChI=1S/2C27H33NO8.C22H23ClO7.C5H11NO/c2*1-32-22-6-4-17(14-24(22)33-2)12-19-16-35-26(30)21(19)13-18-5-7-23(25(15-18)34-3)36-27(31)28-10-8-20(29)9-11-28;1-26-17-6-4-13(10-19(17)27-2)8-15-12-29-21(24)16(15)9-14-5-7-18(30-22(23)25)20(11-14)28-3;7-5-1-3-6-4-2-5/h2*4-7,14-15,19-21,29H,8-13,16H2,1-3H3;4-7,10-11,15-16H,8-9,12H2,1-3H3;5-7H,1-4H2/t2*19-,21+;15-,16+;/m000./s1. The summed E-state index contributed by atoms with van der Waals surface area (Å²) in [6, 6.07) is 33.0. The predicted octanol–water partition coefficient (Wildman–Crippen LogP) is 10.2. The van der Waals surface area contributed by atoms with Gasteiger partial charge >= 0.3 is 35.5 Å². The van der Waals surface area contributed by atoms with Crippen LogP contribution in [0, 0.1) is 35.5 Å². The number of hydrogen-bond acceptors (Lipinski definition) is 25. The van der Waals surface area contributed by atoms with Crippen LogP contribution in [0.15, 0.2) is 109 Å². The Morgan fingerprint density at radius 1 is 0.358 bits per heavy atom. The number of carbonyl (C=O) groups excluding carboxylic acids is 6. The van der Waals surface area contributed by atoms with Gasteiger partial charge in [-0.05, 0) is 196 Å². The number of esters is 3. The number of benzene rings is 6. The molecule has 0 saturated carbocycles. The summed E-state index contributed by atoms with van der Waals surface area (Å²) in [4.78, 5) is 76.8. The SMILES string of the molecule is COc1ccc(C[C@H]2COC(=O)[C@@H]2Cc2ccc(OC(=O)Cl)c(OC)c2)cc1OC.COc1ccc(C[C@H]2COC(=O)[C@@H]2Cc2ccc(OC(=O)N3CCC(O)CC3)c(OC)c2)cc1OC.COc1ccc(C[C@H]2COC(=O)[C@@H]2Cc2ccc(OC(=O)N3CCC(O)CC3)c(OC)c2)cc1OC.OC1CCNCC1. The van der Waals surface area contributed by atoms with Gasteiger partial charge in [-0.3, -0.25) is 14.4 Å². The Kier molecular flexibility index (Phi) is 31.3. The van der Waals surface area contributed by atoms with Crippen molar-refractivity contribution in [3.05, 3.63) is 143 Å². The monoisotopic (exact) mass is 1530 g/mol. The van der Waals surface area contributed by atoms with Gasteiger partial charge in [-0.15, -0.1) is 0 Å². The summed E-state index contributed by atoms with van der Waals surface area (Å²) in [5, 5.41) is 31.3. The molecule has 6 aliphatic heterocycles. The number of nitrogens with one attached hydrogen (secondary N) is 1. The van der Waals surface area contributed by atoms with E-state index in [1.54, 1.807) is 94.9 Å². The fourth-order valence-electron chi connectivity index (χ4n) is 13.9. The maximum atomic E-state index is 12.6. The molecule has 6 fully saturated rings. The zero-order valence-corrected chi connectivity index (χ0v) is 63.9. The minimum absolute atomic E-state index is 0.00792. The number of cyclic esters (lactones) is 3. The van der Waals surface area contributed by atoms with Crippen LogP contribution in [0.5, 0.6) is 69.0 Å². The van der Waals surface area contributed by atoms with Gasteiger partial charge in [-0.25, -0.2) is 14.4 Å². The van der Waals surface area contributed by atoms with Crippen LogP contribution >= 0.6 is 11.6 Å². The molecule has 0 aliphatic carbocycles. The van der Waals surface area contributed by atoms with E-state index in [1.165, 1.54) is 21.3 Å². The molecular weight excluding hydrogens is 1430 g/mol. The molecule has 590 valence electrons. The first-order valence-electron chi connectivity index (χ1n) is 36.4. The van der Waals surface area contributed by atoms with Crippen LogP contribution in [-0.2, 0) is 67.1 Å². The second-order valence-corrected chi connectivity index (χ2v) is 27.5. The van der Waals surface area contributed by atoms with Gasteiger partial charge in [0.2, 0.25) is 0 Å². The maximum absolute atomic E-state index is 12.6. The van der Waals surface area contributed by atoms with Crippen molar-refractivity contribution >= 4 is 47.1 Å². The van der Waals surface area contributed by atoms with Gasteiger partial charge in [-0.1, -0.05) is 36.4 Å². The van der Waals surface area contributed by atoms with Crippen molar-refractivity contribution in [3.8, 4) is 69.0 Å². The van der Waals surface area contributed by atoms with E-state index in [-0.39, 0.29) is 77.5 Å². The second kappa shape index (κ2) is 41.0. The van der Waals surface area contributed by atoms with Crippen LogP contribution in [0.4, 0.5) is 14.4 Å². The summed E-state index contributed by atoms with van der Waals surface area (Å²) in [7, 11) is 14.0. The normalized spacial score (nSPS) is 19.8. The number of likely N-dealkylation sites (tertiary alicyclic amines) is 2. The van der Waals surface area contributed by atoms with E-state index in [9.17, 15) is 39.0 Å². The largest absolute Gasteiger partial charge is 0.493 e. The Morgan fingerprint density at radius 3 is 0.844 bits per heavy atom. The number of aliphatic hydroxyl groups excluding tert-OH is 3. The minimum Gasteiger partial charge on any atom is -0.493 e. The van der Waals surface area contributed by atoms with Gasteiger partial charge in [0.15, 0.2) is 69.0 Å². The zero-order chi connectivity index (χ0) is 78.1. The fourth-order valence-corrected chi connectivity index (χ4v) is 14.0. The third-order valence-electron chi connectivity index (χ3n) is 20.2. The molecule has 0 radical (unpaired) electrons. The molecule has 6 atom stereocenters. The number of rotatable bonds is 24. The summed E-state index contributed by atoms with van der Waals surface area (Å²) in [5.74, 6) is 4.39. The highest BCUT2D eigenvalue weighted by Crippen LogP contribution is 2.40. The highest BCUT2D eigenvalue weighted by molar-refractivity contribution is 6.61. The quantitative estimate of drug-likeness (QED) is 0.0249. The lowest BCUT2D eigenvalue weighted by Gasteiger charge is -2.28. The van der Waals surface area contributed by atoms with Gasteiger partial charge in [0, 0.05) is 55.5 Å². The Labute approximate surface area is 640 Å². The Balaban J connectivity index is 0.000000180. The molecule has 0 unspecified atom stereocenters. The molecule has 6 saturated heterocycles. The summed E-state index contributed by atoms with van der Waals surface area (Å²) in [5.41, 5.74) is 4.78. The minimum atomic E-state index is -0.949. The average molecular weight is 1540 g/mol. The second-order valence-electron chi connectivity index (χ2n) is 27.2. The highest BCUT2D eigenvalue weighted by Gasteiger charge is 2.40. The van der Waals surface area contributed by atoms with Gasteiger partial charge in [0.05, 0.1) is 120 Å². The number of amides is 2. The van der Waals surface area contributed by atoms with Gasteiger partial charge in [0.1, 0.15) is 0 Å². The lowest BCUT2D eigenvalue weighted by Crippen LogP contribution is -2.41. The van der Waals surface area contributed by atoms with Crippen LogP contribution in [0.1, 0.15) is 71.9 Å². The van der Waals surface area contributed by atoms with E-state index in [2.05, 4.69) is 5.32 Å². The van der Waals surface area contributed by atoms with E-state index < -0.39 is 17.6 Å². The van der Waals surface area contributed by atoms with Crippen LogP contribution < -0.4 is 62.2 Å². The molecule has 0 aromatic heterocycles. The van der Waals surface area contributed by atoms with Crippen LogP contribution in [0.3, 0.4) is 0 Å². The summed E-state index contributed by atoms with van der Waals surface area (Å²) in [6.45, 7) is 4.85. The molecule has 2 amide bonds. The van der Waals surface area contributed by atoms with Crippen molar-refractivity contribution in [2.75, 3.05) is 123 Å². The number of carbonyl (C=O) groups is 6. The van der Waals surface area contributed by atoms with Gasteiger partial charge in [-0.2, -0.15) is 0 Å². The Hall–Kier alpha value is -9.93. The summed E-state index contributed by atoms with van der Waals surface area (Å²) in [6.07, 6.45) is 5.70. The summed E-state index contributed by atoms with van der Waals surface area (Å²) >= 11 is 5.28. The molecule has 4 N–H and O–H groups in total. The van der Waals surface area contributed by atoms with Gasteiger partial charge < -0.3 is 101 Å². The van der Waals surface area contributed by atoms with Crippen LogP contribution in [0.25, 0.3) is 0 Å². The average Bonchev–Trinajstić information content (AvgIpc) is 1.75. The van der Waals surface area contributed by atoms with E-state index in [1.807, 2.05) is 66.7 Å². The third kappa shape index (κ3) is 23.3. The molecule has 0 bridgehead atoms. The molecule has 109 heavy (non-hydrogen) atoms. The summed E-state index contributed by atoms with van der Waals surface area (Å²) < 4.78 is 80.5. The molecule has 6 aromatic carbocycles. The van der Waals surface area contributed by atoms with Crippen molar-refractivity contribution in [1.29, 1.82) is 0 Å². The molecule has 0 spiro atoms. The number of ether oxygens (including phenoxy) is 15. The van der Waals surface area contributed by atoms with E-state index >= 15 is 0 Å². The lowest BCUT2D eigenvalue weighted by molar-refractivity contribution is -0.142. The van der Waals surface area contributed by atoms with Crippen molar-refractivity contribution < 1.29 is 115 Å². The topological polar surface area (TPSA) is 320 Å². The number of aliphatic hydroxyl groups is 3. The van der Waals surface area contributed by atoms with Crippen molar-refractivity contribution in [3.63, 3.8) is 0 Å². The predicted molar refractivity (Wildman–Crippen MR) is 399 cm³/mol. The number of hydrogen-bond donors (Lipinski definition) is 4. The third-order valence-corrected chi connectivity index (χ3v) is 20.2. The molecule has 27 nitrogen and oxygen atoms in total. The number of halogens is 1. The molecule has 6 aliphatic rings. The first-order valence-corrected chi connectivity index (χ1v) is 36.7. The number of methoxy groups -OCH3 is 9. The maximum Gasteiger partial charge on any atom is 0.415 e. The Morgan fingerprint density at radius 2 is 0.596 bits per heavy atom. The van der Waals surface area contributed by atoms with E-state index in [0.717, 1.165) is 59.3 Å². The van der Waals surface area contributed by atoms with Crippen molar-refractivity contribution in [2.45, 2.75) is 95.4 Å². The molecule has 6 heterocycles. The van der Waals surface area contributed by atoms with Crippen LogP contribution in [-0.4, -0.2) is 202 Å². The van der Waals surface area contributed by atoms with E-state index in [0.29, 0.717) is 173 Å². The molecular formula is C81H100ClN3O24. The van der Waals surface area contributed by atoms with Crippen molar-refractivity contribution in [2.24, 2.45) is 35.5 Å². The Bertz CT molecular complexity index is 3850. The fraction of sp³-hybridized carbons (Fsp3) is 0.481. The first-order chi connectivity index (χ1) is 52.7. The molecule has 6 aromatic rings. The first kappa shape index (κ1) is 83.1. The lowest BCUT2D eigenvalue weighted by atomic mass is 9.85. The van der Waals surface area contributed by atoms with Gasteiger partial charge in [0.25, 0.3) is 0 Å². The molecule has 12 rings (SSSR count). The van der Waals surface area contributed by atoms with E-state index in [4.69, 9.17) is 87.8 Å². The smallest absolute Gasteiger partial charge is 0.415 e.